The van der Waals surface area contributed by atoms with Crippen molar-refractivity contribution in [1.82, 2.24) is 0 Å². The molecule has 6 aromatic carbocycles. The van der Waals surface area contributed by atoms with Crippen LogP contribution in [-0.4, -0.2) is 11.9 Å². The maximum Gasteiger partial charge on any atom is 0.416 e. The first-order valence-electron chi connectivity index (χ1n) is 21.0. The Kier molecular flexibility index (Phi) is 15.9. The number of fused-ring (bicyclic) bond motifs is 1. The summed E-state index contributed by atoms with van der Waals surface area (Å²) in [5, 5.41) is 1.11. The molecule has 0 saturated carbocycles. The number of pyridine rings is 1. The van der Waals surface area contributed by atoms with E-state index >= 15 is 0 Å². The van der Waals surface area contributed by atoms with Gasteiger partial charge in [0, 0.05) is 17.0 Å². The molecule has 0 amide bonds. The van der Waals surface area contributed by atoms with Gasteiger partial charge in [0.1, 0.15) is 6.15 Å². The SMILES string of the molecule is FC(F)(F)c1cc([B-](c2cc(C(F)(F)F)cc(C(F)(F)F)c2)(c2cc(C(F)(F)F)cc(C(F)(F)F)c2)c2cc(C(F)(F)F)cc(C(F)(F)F)c2)cc(C(F)(F)F)c1.O=C(C[n+]1cccc2cccc(Br)c21)c1ccccc1. The number of carbonyl (C=O) groups excluding carboxylic acids is 1. The van der Waals surface area contributed by atoms with Crippen molar-refractivity contribution in [2.75, 3.05) is 0 Å². The van der Waals surface area contributed by atoms with Crippen molar-refractivity contribution in [3.05, 3.63) is 194 Å². The molecule has 1 heterocycles. The van der Waals surface area contributed by atoms with Crippen LogP contribution in [0.4, 0.5) is 105 Å². The molecule has 0 N–H and O–H groups in total. The van der Waals surface area contributed by atoms with Gasteiger partial charge in [-0.25, -0.2) is 0 Å². The topological polar surface area (TPSA) is 20.9 Å². The van der Waals surface area contributed by atoms with E-state index in [0.717, 1.165) is 20.9 Å². The van der Waals surface area contributed by atoms with E-state index in [-0.39, 0.29) is 5.78 Å². The van der Waals surface area contributed by atoms with Crippen molar-refractivity contribution < 1.29 is 115 Å². The highest BCUT2D eigenvalue weighted by Crippen LogP contribution is 2.41. The Bertz CT molecular complexity index is 2870. The Hall–Kier alpha value is -6.74. The van der Waals surface area contributed by atoms with E-state index in [1.165, 1.54) is 0 Å². The number of carbonyl (C=O) groups is 1. The number of alkyl halides is 24. The third kappa shape index (κ3) is 13.3. The van der Waals surface area contributed by atoms with E-state index in [0.29, 0.717) is 6.54 Å². The summed E-state index contributed by atoms with van der Waals surface area (Å²) in [5.74, 6) is 0.110. The zero-order valence-corrected chi connectivity index (χ0v) is 39.0. The standard InChI is InChI=1S/C32H12BF24.C17H13BrNO/c34-25(35,36)13-1-14(26(37,38)39)6-21(5-13)33(22-7-15(27(40,41)42)2-16(8-22)28(43,44)45,23-9-17(29(46,47)48)3-18(10-23)30(49,50)51)24-11-19(31(52,53)54)4-20(12-24)32(55,56)57;18-15-10-4-8-14-9-5-11-19(17(14)15)12-16(20)13-6-2-1-3-7-13/h1-12H;1-11H,12H2/q-1;+1. The van der Waals surface area contributed by atoms with Crippen LogP contribution in [0.5, 0.6) is 0 Å². The molecule has 0 fully saturated rings. The average Bonchev–Trinajstić information content (AvgIpc) is 3.30. The van der Waals surface area contributed by atoms with Crippen LogP contribution in [0.25, 0.3) is 10.9 Å². The molecule has 410 valence electrons. The van der Waals surface area contributed by atoms with Gasteiger partial charge >= 0.3 is 49.4 Å². The molecule has 0 radical (unpaired) electrons. The predicted molar refractivity (Wildman–Crippen MR) is 233 cm³/mol. The quantitative estimate of drug-likeness (QED) is 0.0674. The van der Waals surface area contributed by atoms with Gasteiger partial charge in [0.15, 0.2) is 6.20 Å². The van der Waals surface area contributed by atoms with Crippen LogP contribution in [0.15, 0.2) is 144 Å². The second-order valence-corrected chi connectivity index (χ2v) is 17.7. The lowest BCUT2D eigenvalue weighted by molar-refractivity contribution is -0.657. The smallest absolute Gasteiger partial charge is 0.287 e. The highest BCUT2D eigenvalue weighted by molar-refractivity contribution is 9.10. The number of aromatic nitrogens is 1. The first-order valence-corrected chi connectivity index (χ1v) is 21.8. The van der Waals surface area contributed by atoms with Gasteiger partial charge in [-0.15, -0.1) is 0 Å². The van der Waals surface area contributed by atoms with Crippen molar-refractivity contribution in [2.24, 2.45) is 0 Å². The summed E-state index contributed by atoms with van der Waals surface area (Å²) < 4.78 is 344. The van der Waals surface area contributed by atoms with E-state index in [1.807, 2.05) is 71.4 Å². The number of hydrogen-bond donors (Lipinski definition) is 0. The van der Waals surface area contributed by atoms with Gasteiger partial charge in [-0.2, -0.15) is 132 Å². The van der Waals surface area contributed by atoms with E-state index in [2.05, 4.69) is 15.9 Å². The molecular weight excluding hydrogens is 1170 g/mol. The summed E-state index contributed by atoms with van der Waals surface area (Å²) in [6.07, 6.45) is -52.9. The molecule has 0 spiro atoms. The van der Waals surface area contributed by atoms with Crippen LogP contribution in [0.2, 0.25) is 0 Å². The molecule has 1 aromatic heterocycles. The minimum Gasteiger partial charge on any atom is -0.287 e. The number of hydrogen-bond acceptors (Lipinski definition) is 1. The molecule has 0 saturated heterocycles. The molecule has 77 heavy (non-hydrogen) atoms. The molecule has 7 aromatic rings. The lowest BCUT2D eigenvalue weighted by atomic mass is 9.12. The van der Waals surface area contributed by atoms with Crippen molar-refractivity contribution in [3.8, 4) is 0 Å². The molecule has 0 bridgehead atoms. The van der Waals surface area contributed by atoms with Gasteiger partial charge in [0.2, 0.25) is 17.8 Å². The van der Waals surface area contributed by atoms with Crippen molar-refractivity contribution in [1.29, 1.82) is 0 Å². The Morgan fingerprint density at radius 1 is 0.364 bits per heavy atom. The molecule has 0 aliphatic rings. The predicted octanol–water partition coefficient (Wildman–Crippen LogP) is 15.0. The van der Waals surface area contributed by atoms with Crippen LogP contribution in [0.3, 0.4) is 0 Å². The Labute approximate surface area is 424 Å². The fourth-order valence-electron chi connectivity index (χ4n) is 8.37. The number of para-hydroxylation sites is 1. The van der Waals surface area contributed by atoms with E-state index in [9.17, 15) is 110 Å². The zero-order chi connectivity index (χ0) is 57.9. The van der Waals surface area contributed by atoms with Gasteiger partial charge in [0.25, 0.3) is 0 Å². The maximum absolute atomic E-state index is 14.2. The number of halogens is 25. The molecule has 7 rings (SSSR count). The maximum atomic E-state index is 14.2. The second kappa shape index (κ2) is 20.6. The summed E-state index contributed by atoms with van der Waals surface area (Å²) in [5.41, 5.74) is -28.4. The fourth-order valence-corrected chi connectivity index (χ4v) is 8.98. The minimum absolute atomic E-state index is 0.110. The summed E-state index contributed by atoms with van der Waals surface area (Å²) in [6, 6.07) is 10.6. The molecule has 2 nitrogen and oxygen atoms in total. The summed E-state index contributed by atoms with van der Waals surface area (Å²) in [7, 11) is 0. The Balaban J connectivity index is 0.000000397. The van der Waals surface area contributed by atoms with E-state index < -0.39 is 195 Å². The van der Waals surface area contributed by atoms with Crippen LogP contribution in [0, 0.1) is 0 Å². The third-order valence-electron chi connectivity index (χ3n) is 11.7. The van der Waals surface area contributed by atoms with Gasteiger partial charge in [-0.3, -0.25) is 4.79 Å². The highest BCUT2D eigenvalue weighted by Gasteiger charge is 2.47. The lowest BCUT2D eigenvalue weighted by Gasteiger charge is -2.46. The van der Waals surface area contributed by atoms with Crippen LogP contribution < -0.4 is 26.4 Å². The molecule has 0 aliphatic heterocycles. The number of Topliss-reactive ketones (excluding diaryl/α,β-unsaturated/α-hetero) is 1. The minimum atomic E-state index is -6.13. The summed E-state index contributed by atoms with van der Waals surface area (Å²) in [4.78, 5) is 12.3. The zero-order valence-electron chi connectivity index (χ0n) is 37.4. The molecule has 0 unspecified atom stereocenters. The molecule has 28 heteroatoms. The van der Waals surface area contributed by atoms with E-state index in [4.69, 9.17) is 0 Å². The highest BCUT2D eigenvalue weighted by atomic mass is 79.9. The van der Waals surface area contributed by atoms with Crippen molar-refractivity contribution >= 4 is 60.6 Å². The van der Waals surface area contributed by atoms with Gasteiger partial charge < -0.3 is 0 Å². The molecular formula is C49H25BBrF24NO. The van der Waals surface area contributed by atoms with E-state index in [1.54, 1.807) is 0 Å². The van der Waals surface area contributed by atoms with Crippen LogP contribution in [-0.2, 0) is 56.0 Å². The number of ketones is 1. The van der Waals surface area contributed by atoms with Gasteiger partial charge in [-0.05, 0) is 58.4 Å². The Morgan fingerprint density at radius 2 is 0.636 bits per heavy atom. The van der Waals surface area contributed by atoms with Gasteiger partial charge in [0.05, 0.1) is 49.0 Å². The fraction of sp³-hybridized carbons (Fsp3) is 0.184. The second-order valence-electron chi connectivity index (χ2n) is 16.8. The largest absolute Gasteiger partial charge is 0.416 e. The average molecular weight is 1190 g/mol. The van der Waals surface area contributed by atoms with Crippen LogP contribution >= 0.6 is 15.9 Å². The number of rotatable bonds is 7. The van der Waals surface area contributed by atoms with Crippen LogP contribution in [0.1, 0.15) is 54.9 Å². The third-order valence-corrected chi connectivity index (χ3v) is 12.3. The molecule has 0 atom stereocenters. The first kappa shape index (κ1) is 59.5. The summed E-state index contributed by atoms with van der Waals surface area (Å²) in [6.45, 7) is 0.337. The first-order chi connectivity index (χ1) is 35.0. The van der Waals surface area contributed by atoms with Crippen molar-refractivity contribution in [2.45, 2.75) is 56.0 Å². The normalized spacial score (nSPS) is 13.4. The Morgan fingerprint density at radius 3 is 0.909 bits per heavy atom. The number of nitrogens with zero attached hydrogens (tertiary/aromatic N) is 1. The monoisotopic (exact) mass is 1190 g/mol. The summed E-state index contributed by atoms with van der Waals surface area (Å²) >= 11 is 3.56. The molecule has 0 aliphatic carbocycles. The van der Waals surface area contributed by atoms with Gasteiger partial charge in [-0.1, -0.05) is 84.9 Å². The lowest BCUT2D eigenvalue weighted by Crippen LogP contribution is -2.75. The van der Waals surface area contributed by atoms with Crippen molar-refractivity contribution in [3.63, 3.8) is 0 Å². The number of benzene rings is 6.